The molecule has 4 heteroatoms. The second-order valence-electron chi connectivity index (χ2n) is 17.5. The van der Waals surface area contributed by atoms with Crippen LogP contribution in [0.1, 0.15) is 54.2 Å². The van der Waals surface area contributed by atoms with Crippen molar-refractivity contribution in [1.29, 1.82) is 0 Å². The number of para-hydroxylation sites is 4. The Morgan fingerprint density at radius 2 is 0.984 bits per heavy atom. The van der Waals surface area contributed by atoms with Crippen molar-refractivity contribution in [3.8, 4) is 0 Å². The Hall–Kier alpha value is -7.56. The number of benzene rings is 7. The van der Waals surface area contributed by atoms with Gasteiger partial charge in [0.2, 0.25) is 0 Å². The summed E-state index contributed by atoms with van der Waals surface area (Å²) in [5.41, 5.74) is 17.6. The van der Waals surface area contributed by atoms with Gasteiger partial charge in [0.15, 0.2) is 0 Å². The summed E-state index contributed by atoms with van der Waals surface area (Å²) < 4.78 is 0. The summed E-state index contributed by atoms with van der Waals surface area (Å²) in [6.45, 7) is 0. The predicted octanol–water partition coefficient (Wildman–Crippen LogP) is 15.7. The van der Waals surface area contributed by atoms with E-state index in [1.165, 1.54) is 68.5 Å². The van der Waals surface area contributed by atoms with E-state index in [2.05, 4.69) is 250 Å². The third kappa shape index (κ3) is 6.69. The van der Waals surface area contributed by atoms with Crippen molar-refractivity contribution in [2.75, 3.05) is 19.6 Å². The fourth-order valence-electron chi connectivity index (χ4n) is 11.0. The molecule has 2 aliphatic heterocycles. The van der Waals surface area contributed by atoms with Crippen molar-refractivity contribution < 1.29 is 0 Å². The molecule has 2 heterocycles. The molecule has 7 aromatic rings. The molecule has 5 aliphatic rings. The van der Waals surface area contributed by atoms with Gasteiger partial charge in [-0.05, 0) is 139 Å². The van der Waals surface area contributed by atoms with Crippen LogP contribution in [0.5, 0.6) is 0 Å². The maximum absolute atomic E-state index is 2.56. The molecule has 4 atom stereocenters. The van der Waals surface area contributed by atoms with Gasteiger partial charge in [-0.15, -0.1) is 0 Å². The summed E-state index contributed by atoms with van der Waals surface area (Å²) in [7, 11) is 0. The highest BCUT2D eigenvalue weighted by Crippen LogP contribution is 2.52. The Labute approximate surface area is 377 Å². The normalized spacial score (nSPS) is 20.2. The number of nitrogens with zero attached hydrogens (tertiary/aromatic N) is 4. The van der Waals surface area contributed by atoms with Gasteiger partial charge in [-0.1, -0.05) is 140 Å². The van der Waals surface area contributed by atoms with E-state index in [4.69, 9.17) is 0 Å². The summed E-state index contributed by atoms with van der Waals surface area (Å²) >= 11 is 0. The summed E-state index contributed by atoms with van der Waals surface area (Å²) in [6.07, 6.45) is 22.8. The minimum atomic E-state index is 0.258. The summed E-state index contributed by atoms with van der Waals surface area (Å²) in [5, 5.41) is 0. The van der Waals surface area contributed by atoms with Gasteiger partial charge in [0.1, 0.15) is 0 Å². The third-order valence-electron chi connectivity index (χ3n) is 13.9. The van der Waals surface area contributed by atoms with Crippen molar-refractivity contribution >= 4 is 56.8 Å². The summed E-state index contributed by atoms with van der Waals surface area (Å²) in [6, 6.07) is 67.5. The predicted molar refractivity (Wildman–Crippen MR) is 268 cm³/mol. The van der Waals surface area contributed by atoms with E-state index in [0.29, 0.717) is 17.9 Å². The zero-order valence-corrected chi connectivity index (χ0v) is 35.9. The standard InChI is InChI=1S/C60H50N4/c1-5-17-45(18-6-1)61(51-37-39-55-53-25-13-15-27-57(53)63(59(55)41-51)47-21-9-3-10-22-47)49-33-29-43(30-34-49)44-31-35-50(36-32-44)62(46-19-7-2-8-20-46)52-38-40-56-54-26-14-16-28-58(54)64(60(56)42-52)48-23-11-4-12-24-48/h1-13,15-25,27-29,31-33,35-42,53-54,57-58H,14,26,30,34H2. The lowest BCUT2D eigenvalue weighted by Gasteiger charge is -2.32. The Morgan fingerprint density at radius 1 is 0.438 bits per heavy atom. The minimum absolute atomic E-state index is 0.258. The van der Waals surface area contributed by atoms with Gasteiger partial charge in [0.05, 0.1) is 12.1 Å². The molecule has 310 valence electrons. The Bertz CT molecular complexity index is 2970. The molecular formula is C60H50N4. The topological polar surface area (TPSA) is 13.0 Å². The first-order valence-corrected chi connectivity index (χ1v) is 23.0. The fraction of sp³-hybridized carbons (Fsp3) is 0.133. The highest BCUT2D eigenvalue weighted by molar-refractivity contribution is 5.85. The SMILES string of the molecule is C1=CC2c3ccc(N(C4=CC=C(c5ccc(N(c6ccccc6)c6ccc7c(c6)N(c6ccccc6)C6C=CCCC76)cc5)CC4)c4ccccc4)cc3N(c3ccccc3)C2C=C1. The molecule has 4 unspecified atom stereocenters. The van der Waals surface area contributed by atoms with Gasteiger partial charge in [-0.2, -0.15) is 0 Å². The lowest BCUT2D eigenvalue weighted by molar-refractivity contribution is 0.573. The van der Waals surface area contributed by atoms with E-state index in [-0.39, 0.29) is 6.04 Å². The molecule has 0 spiro atoms. The number of hydrogen-bond acceptors (Lipinski definition) is 4. The van der Waals surface area contributed by atoms with Crippen LogP contribution in [-0.4, -0.2) is 12.1 Å². The van der Waals surface area contributed by atoms with E-state index in [0.717, 1.165) is 36.3 Å². The molecule has 3 aliphatic carbocycles. The van der Waals surface area contributed by atoms with Crippen LogP contribution < -0.4 is 19.6 Å². The Kier molecular flexibility index (Phi) is 9.71. The van der Waals surface area contributed by atoms with Crippen molar-refractivity contribution in [1.82, 2.24) is 0 Å². The van der Waals surface area contributed by atoms with Crippen LogP contribution in [0.2, 0.25) is 0 Å². The number of anilines is 9. The highest BCUT2D eigenvalue weighted by atomic mass is 15.2. The fourth-order valence-corrected chi connectivity index (χ4v) is 11.0. The number of rotatable bonds is 9. The zero-order valence-electron chi connectivity index (χ0n) is 35.9. The average molecular weight is 827 g/mol. The van der Waals surface area contributed by atoms with Crippen molar-refractivity contribution in [3.63, 3.8) is 0 Å². The van der Waals surface area contributed by atoms with E-state index in [9.17, 15) is 0 Å². The molecule has 7 aromatic carbocycles. The number of hydrogen-bond donors (Lipinski definition) is 0. The summed E-state index contributed by atoms with van der Waals surface area (Å²) in [4.78, 5) is 9.96. The van der Waals surface area contributed by atoms with Gasteiger partial charge in [0.25, 0.3) is 0 Å². The molecule has 0 radical (unpaired) electrons. The van der Waals surface area contributed by atoms with Crippen molar-refractivity contribution in [2.24, 2.45) is 0 Å². The van der Waals surface area contributed by atoms with Gasteiger partial charge in [-0.25, -0.2) is 0 Å². The quantitative estimate of drug-likeness (QED) is 0.134. The highest BCUT2D eigenvalue weighted by Gasteiger charge is 2.40. The van der Waals surface area contributed by atoms with E-state index in [1.807, 2.05) is 0 Å². The molecule has 0 saturated heterocycles. The lowest BCUT2D eigenvalue weighted by Crippen LogP contribution is -2.29. The zero-order chi connectivity index (χ0) is 42.4. The molecule has 0 fully saturated rings. The molecule has 0 aromatic heterocycles. The largest absolute Gasteiger partial charge is 0.334 e. The van der Waals surface area contributed by atoms with Crippen molar-refractivity contribution in [3.05, 3.63) is 253 Å². The van der Waals surface area contributed by atoms with Crippen LogP contribution in [0.25, 0.3) is 5.57 Å². The second kappa shape index (κ2) is 16.3. The summed E-state index contributed by atoms with van der Waals surface area (Å²) in [5.74, 6) is 0.820. The number of fused-ring (bicyclic) bond motifs is 6. The molecule has 4 nitrogen and oxygen atoms in total. The molecule has 0 saturated carbocycles. The van der Waals surface area contributed by atoms with Crippen LogP contribution in [-0.2, 0) is 0 Å². The van der Waals surface area contributed by atoms with Crippen LogP contribution in [0.3, 0.4) is 0 Å². The van der Waals surface area contributed by atoms with Crippen LogP contribution in [0, 0.1) is 0 Å². The molecule has 0 bridgehead atoms. The van der Waals surface area contributed by atoms with Gasteiger partial charge >= 0.3 is 0 Å². The van der Waals surface area contributed by atoms with Gasteiger partial charge in [-0.3, -0.25) is 0 Å². The number of allylic oxidation sites excluding steroid dienone is 7. The van der Waals surface area contributed by atoms with Crippen LogP contribution >= 0.6 is 0 Å². The molecule has 64 heavy (non-hydrogen) atoms. The Balaban J connectivity index is 0.873. The smallest absolute Gasteiger partial charge is 0.0629 e. The van der Waals surface area contributed by atoms with E-state index >= 15 is 0 Å². The first-order valence-electron chi connectivity index (χ1n) is 23.0. The van der Waals surface area contributed by atoms with Gasteiger partial charge < -0.3 is 19.6 Å². The molecular weight excluding hydrogens is 777 g/mol. The third-order valence-corrected chi connectivity index (χ3v) is 13.9. The maximum Gasteiger partial charge on any atom is 0.0629 e. The monoisotopic (exact) mass is 826 g/mol. The van der Waals surface area contributed by atoms with E-state index < -0.39 is 0 Å². The second-order valence-corrected chi connectivity index (χ2v) is 17.5. The van der Waals surface area contributed by atoms with Crippen LogP contribution in [0.4, 0.5) is 51.2 Å². The first-order chi connectivity index (χ1) is 31.8. The van der Waals surface area contributed by atoms with Crippen LogP contribution in [0.15, 0.2) is 236 Å². The molecule has 12 rings (SSSR count). The van der Waals surface area contributed by atoms with E-state index in [1.54, 1.807) is 0 Å². The maximum atomic E-state index is 2.56. The lowest BCUT2D eigenvalue weighted by atomic mass is 9.86. The Morgan fingerprint density at radius 3 is 1.64 bits per heavy atom. The molecule has 0 amide bonds. The minimum Gasteiger partial charge on any atom is -0.334 e. The van der Waals surface area contributed by atoms with Crippen molar-refractivity contribution in [2.45, 2.75) is 49.6 Å². The average Bonchev–Trinajstić information content (AvgIpc) is 3.88. The molecule has 0 N–H and O–H groups in total. The van der Waals surface area contributed by atoms with Gasteiger partial charge in [0, 0.05) is 68.7 Å². The first kappa shape index (κ1) is 38.1.